The SMILES string of the molecule is CC(C)N1CCN(C(=O)NC2CCCC2(C)C(=O)O)CC1. The molecule has 21 heavy (non-hydrogen) atoms. The fourth-order valence-electron chi connectivity index (χ4n) is 3.34. The van der Waals surface area contributed by atoms with Gasteiger partial charge in [-0.15, -0.1) is 0 Å². The van der Waals surface area contributed by atoms with Crippen molar-refractivity contribution in [1.82, 2.24) is 15.1 Å². The Morgan fingerprint density at radius 3 is 2.38 bits per heavy atom. The van der Waals surface area contributed by atoms with Crippen LogP contribution in [-0.4, -0.2) is 65.2 Å². The molecule has 1 aliphatic carbocycles. The van der Waals surface area contributed by atoms with Gasteiger partial charge in [0, 0.05) is 38.3 Å². The number of hydrogen-bond donors (Lipinski definition) is 2. The van der Waals surface area contributed by atoms with Gasteiger partial charge in [0.05, 0.1) is 5.41 Å². The van der Waals surface area contributed by atoms with Crippen molar-refractivity contribution in [3.05, 3.63) is 0 Å². The number of urea groups is 1. The molecule has 0 aromatic heterocycles. The molecule has 120 valence electrons. The zero-order chi connectivity index (χ0) is 15.6. The number of carboxylic acids is 1. The molecular formula is C15H27N3O3. The largest absolute Gasteiger partial charge is 0.481 e. The third-order valence-corrected chi connectivity index (χ3v) is 5.08. The molecule has 6 nitrogen and oxygen atoms in total. The molecule has 2 unspecified atom stereocenters. The van der Waals surface area contributed by atoms with Crippen molar-refractivity contribution in [3.63, 3.8) is 0 Å². The van der Waals surface area contributed by atoms with Gasteiger partial charge < -0.3 is 15.3 Å². The molecule has 0 aromatic carbocycles. The molecule has 2 aliphatic rings. The summed E-state index contributed by atoms with van der Waals surface area (Å²) in [6.45, 7) is 9.24. The Kier molecular flexibility index (Phi) is 4.76. The highest BCUT2D eigenvalue weighted by Gasteiger charge is 2.46. The van der Waals surface area contributed by atoms with Crippen LogP contribution in [0.3, 0.4) is 0 Å². The number of nitrogens with zero attached hydrogens (tertiary/aromatic N) is 2. The molecule has 2 amide bonds. The van der Waals surface area contributed by atoms with E-state index >= 15 is 0 Å². The second-order valence-corrected chi connectivity index (χ2v) is 6.73. The fourth-order valence-corrected chi connectivity index (χ4v) is 3.34. The summed E-state index contributed by atoms with van der Waals surface area (Å²) >= 11 is 0. The molecule has 1 saturated carbocycles. The van der Waals surface area contributed by atoms with Crippen LogP contribution >= 0.6 is 0 Å². The van der Waals surface area contributed by atoms with E-state index in [-0.39, 0.29) is 12.1 Å². The average Bonchev–Trinajstić information content (AvgIpc) is 2.81. The van der Waals surface area contributed by atoms with Crippen molar-refractivity contribution in [2.45, 2.75) is 52.1 Å². The van der Waals surface area contributed by atoms with Gasteiger partial charge in [-0.3, -0.25) is 9.69 Å². The van der Waals surface area contributed by atoms with Crippen LogP contribution in [0, 0.1) is 5.41 Å². The Labute approximate surface area is 126 Å². The van der Waals surface area contributed by atoms with Gasteiger partial charge in [0.2, 0.25) is 0 Å². The van der Waals surface area contributed by atoms with Crippen molar-refractivity contribution in [2.75, 3.05) is 26.2 Å². The van der Waals surface area contributed by atoms with Gasteiger partial charge in [-0.2, -0.15) is 0 Å². The third kappa shape index (κ3) is 3.31. The highest BCUT2D eigenvalue weighted by atomic mass is 16.4. The third-order valence-electron chi connectivity index (χ3n) is 5.08. The van der Waals surface area contributed by atoms with E-state index in [1.165, 1.54) is 0 Å². The van der Waals surface area contributed by atoms with E-state index in [9.17, 15) is 14.7 Å². The van der Waals surface area contributed by atoms with Crippen molar-refractivity contribution >= 4 is 12.0 Å². The summed E-state index contributed by atoms with van der Waals surface area (Å²) in [5.41, 5.74) is -0.824. The number of piperazine rings is 1. The Morgan fingerprint density at radius 2 is 1.86 bits per heavy atom. The molecule has 0 spiro atoms. The van der Waals surface area contributed by atoms with Gasteiger partial charge in [0.15, 0.2) is 0 Å². The lowest BCUT2D eigenvalue weighted by atomic mass is 9.85. The Bertz CT molecular complexity index is 405. The quantitative estimate of drug-likeness (QED) is 0.825. The van der Waals surface area contributed by atoms with E-state index in [1.807, 2.05) is 0 Å². The first-order chi connectivity index (χ1) is 9.84. The zero-order valence-electron chi connectivity index (χ0n) is 13.3. The highest BCUT2D eigenvalue weighted by Crippen LogP contribution is 2.38. The summed E-state index contributed by atoms with van der Waals surface area (Å²) in [6.07, 6.45) is 2.24. The van der Waals surface area contributed by atoms with Crippen LogP contribution in [0.2, 0.25) is 0 Å². The molecule has 1 aliphatic heterocycles. The molecule has 2 fully saturated rings. The van der Waals surface area contributed by atoms with Gasteiger partial charge in [-0.25, -0.2) is 4.79 Å². The van der Waals surface area contributed by atoms with Gasteiger partial charge in [0.1, 0.15) is 0 Å². The summed E-state index contributed by atoms with van der Waals surface area (Å²) in [5, 5.41) is 12.3. The lowest BCUT2D eigenvalue weighted by Gasteiger charge is -2.38. The van der Waals surface area contributed by atoms with E-state index in [0.29, 0.717) is 25.6 Å². The molecule has 0 aromatic rings. The summed E-state index contributed by atoms with van der Waals surface area (Å²) in [7, 11) is 0. The average molecular weight is 297 g/mol. The second kappa shape index (κ2) is 6.22. The molecule has 2 atom stereocenters. The molecule has 1 saturated heterocycles. The number of aliphatic carboxylic acids is 1. The first-order valence-electron chi connectivity index (χ1n) is 7.87. The summed E-state index contributed by atoms with van der Waals surface area (Å²) in [5.74, 6) is -0.810. The van der Waals surface area contributed by atoms with Crippen molar-refractivity contribution < 1.29 is 14.7 Å². The predicted molar refractivity (Wildman–Crippen MR) is 80.2 cm³/mol. The summed E-state index contributed by atoms with van der Waals surface area (Å²) in [6, 6.07) is 0.128. The monoisotopic (exact) mass is 297 g/mol. The zero-order valence-corrected chi connectivity index (χ0v) is 13.3. The van der Waals surface area contributed by atoms with Gasteiger partial charge in [-0.1, -0.05) is 6.42 Å². The minimum Gasteiger partial charge on any atom is -0.481 e. The second-order valence-electron chi connectivity index (χ2n) is 6.73. The smallest absolute Gasteiger partial charge is 0.317 e. The minimum atomic E-state index is -0.824. The highest BCUT2D eigenvalue weighted by molar-refractivity contribution is 5.79. The number of hydrogen-bond acceptors (Lipinski definition) is 3. The van der Waals surface area contributed by atoms with Crippen LogP contribution in [-0.2, 0) is 4.79 Å². The minimum absolute atomic E-state index is 0.113. The Hall–Kier alpha value is -1.30. The van der Waals surface area contributed by atoms with E-state index in [4.69, 9.17) is 0 Å². The lowest BCUT2D eigenvalue weighted by Crippen LogP contribution is -2.56. The molecule has 2 N–H and O–H groups in total. The number of carboxylic acid groups (broad SMARTS) is 1. The number of amides is 2. The predicted octanol–water partition coefficient (Wildman–Crippen LogP) is 1.37. The van der Waals surface area contributed by atoms with Crippen LogP contribution in [0.25, 0.3) is 0 Å². The van der Waals surface area contributed by atoms with E-state index in [1.54, 1.807) is 11.8 Å². The maximum atomic E-state index is 12.3. The Balaban J connectivity index is 1.89. The van der Waals surface area contributed by atoms with Crippen molar-refractivity contribution in [1.29, 1.82) is 0 Å². The molecular weight excluding hydrogens is 270 g/mol. The molecule has 0 bridgehead atoms. The molecule has 0 radical (unpaired) electrons. The summed E-state index contributed by atoms with van der Waals surface area (Å²) < 4.78 is 0. The topological polar surface area (TPSA) is 72.9 Å². The summed E-state index contributed by atoms with van der Waals surface area (Å²) in [4.78, 5) is 27.9. The first kappa shape index (κ1) is 16.1. The number of carbonyl (C=O) groups is 2. The van der Waals surface area contributed by atoms with Crippen LogP contribution < -0.4 is 5.32 Å². The van der Waals surface area contributed by atoms with Gasteiger partial charge in [0.25, 0.3) is 0 Å². The van der Waals surface area contributed by atoms with Crippen LogP contribution in [0.15, 0.2) is 0 Å². The van der Waals surface area contributed by atoms with E-state index in [0.717, 1.165) is 25.9 Å². The van der Waals surface area contributed by atoms with E-state index < -0.39 is 11.4 Å². The first-order valence-corrected chi connectivity index (χ1v) is 7.87. The normalized spacial score (nSPS) is 30.7. The standard InChI is InChI=1S/C15H27N3O3/c1-11(2)17-7-9-18(10-8-17)14(21)16-12-5-4-6-15(12,3)13(19)20/h11-12H,4-10H2,1-3H3,(H,16,21)(H,19,20). The van der Waals surface area contributed by atoms with Gasteiger partial charge in [-0.05, 0) is 33.6 Å². The lowest BCUT2D eigenvalue weighted by molar-refractivity contribution is -0.148. The number of nitrogens with one attached hydrogen (secondary N) is 1. The van der Waals surface area contributed by atoms with Crippen LogP contribution in [0.4, 0.5) is 4.79 Å². The molecule has 1 heterocycles. The van der Waals surface area contributed by atoms with Crippen molar-refractivity contribution in [3.8, 4) is 0 Å². The van der Waals surface area contributed by atoms with Gasteiger partial charge >= 0.3 is 12.0 Å². The van der Waals surface area contributed by atoms with E-state index in [2.05, 4.69) is 24.1 Å². The number of carbonyl (C=O) groups excluding carboxylic acids is 1. The van der Waals surface area contributed by atoms with Crippen LogP contribution in [0.1, 0.15) is 40.0 Å². The van der Waals surface area contributed by atoms with Crippen molar-refractivity contribution in [2.24, 2.45) is 5.41 Å². The Morgan fingerprint density at radius 1 is 1.24 bits per heavy atom. The maximum Gasteiger partial charge on any atom is 0.317 e. The fraction of sp³-hybridized carbons (Fsp3) is 0.867. The number of rotatable bonds is 3. The molecule has 2 rings (SSSR count). The maximum absolute atomic E-state index is 12.3. The van der Waals surface area contributed by atoms with Crippen LogP contribution in [0.5, 0.6) is 0 Å². The molecule has 6 heteroatoms.